The van der Waals surface area contributed by atoms with Crippen molar-refractivity contribution in [3.8, 4) is 0 Å². The quantitative estimate of drug-likeness (QED) is 0.0353. The van der Waals surface area contributed by atoms with Gasteiger partial charge < -0.3 is 23.2 Å². The van der Waals surface area contributed by atoms with Gasteiger partial charge in [-0.1, -0.05) is 154 Å². The third-order valence-corrected chi connectivity index (χ3v) is 10.6. The molecular weight excluding hydrogens is 653 g/mol. The van der Waals surface area contributed by atoms with Crippen molar-refractivity contribution >= 4 is 0 Å². The van der Waals surface area contributed by atoms with Crippen LogP contribution in [0.4, 0.5) is 0 Å². The van der Waals surface area contributed by atoms with Gasteiger partial charge in [0.15, 0.2) is 0 Å². The monoisotopic (exact) mass is 751 g/mol. The van der Waals surface area contributed by atoms with Gasteiger partial charge in [0.25, 0.3) is 0 Å². The fraction of sp³-hybridized carbons (Fsp3) is 0.917. The third-order valence-electron chi connectivity index (χ3n) is 10.6. The van der Waals surface area contributed by atoms with E-state index in [2.05, 4.69) is 73.4 Å². The Hall–Kier alpha value is -0.720. The molecule has 5 heteroatoms. The molecule has 0 spiro atoms. The molecule has 0 fully saturated rings. The number of unbranched alkanes of at least 4 members (excludes halogenated alkanes) is 24. The Morgan fingerprint density at radius 2 is 0.774 bits per heavy atom. The Bertz CT molecular complexity index is 775. The summed E-state index contributed by atoms with van der Waals surface area (Å²) in [5.74, 6) is 0. The first kappa shape index (κ1) is 52.3. The van der Waals surface area contributed by atoms with Crippen LogP contribution >= 0.6 is 0 Å². The molecule has 0 radical (unpaired) electrons. The molecule has 0 aromatic rings. The molecule has 0 heterocycles. The summed E-state index contributed by atoms with van der Waals surface area (Å²) in [6.45, 7) is 11.6. The number of likely N-dealkylation sites (N-methyl/N-ethyl adjacent to an activating group) is 2. The average molecular weight is 751 g/mol. The van der Waals surface area contributed by atoms with Gasteiger partial charge in [-0.2, -0.15) is 0 Å². The minimum Gasteiger partial charge on any atom is -0.379 e. The number of allylic oxidation sites excluding steroid dienone is 4. The zero-order chi connectivity index (χ0) is 39.0. The van der Waals surface area contributed by atoms with Crippen molar-refractivity contribution in [3.05, 3.63) is 24.3 Å². The van der Waals surface area contributed by atoms with E-state index in [4.69, 9.17) is 14.2 Å². The van der Waals surface area contributed by atoms with Crippen molar-refractivity contribution in [1.82, 2.24) is 0 Å². The summed E-state index contributed by atoms with van der Waals surface area (Å²) in [5, 5.41) is 0. The Kier molecular flexibility index (Phi) is 39.0. The van der Waals surface area contributed by atoms with E-state index >= 15 is 0 Å². The van der Waals surface area contributed by atoms with E-state index in [0.717, 1.165) is 67.9 Å². The van der Waals surface area contributed by atoms with Crippen LogP contribution in [0.15, 0.2) is 24.3 Å². The average Bonchev–Trinajstić information content (AvgIpc) is 3.11. The van der Waals surface area contributed by atoms with Gasteiger partial charge in [-0.3, -0.25) is 0 Å². The molecule has 5 nitrogen and oxygen atoms in total. The number of hydrogen-bond acceptors (Lipinski definition) is 3. The smallest absolute Gasteiger partial charge is 0.130 e. The number of ether oxygens (including phenoxy) is 3. The van der Waals surface area contributed by atoms with Crippen molar-refractivity contribution in [2.45, 2.75) is 200 Å². The van der Waals surface area contributed by atoms with Crippen LogP contribution in [-0.4, -0.2) is 103 Å². The molecule has 1 unspecified atom stereocenters. The van der Waals surface area contributed by atoms with Crippen molar-refractivity contribution in [2.24, 2.45) is 0 Å². The first-order chi connectivity index (χ1) is 25.7. The lowest BCUT2D eigenvalue weighted by molar-refractivity contribution is -0.894. The van der Waals surface area contributed by atoms with Crippen LogP contribution in [0.2, 0.25) is 0 Å². The second-order valence-electron chi connectivity index (χ2n) is 17.9. The summed E-state index contributed by atoms with van der Waals surface area (Å²) >= 11 is 0. The number of nitrogens with zero attached hydrogens (tertiary/aromatic N) is 2. The summed E-state index contributed by atoms with van der Waals surface area (Å²) in [5.41, 5.74) is 0. The lowest BCUT2D eigenvalue weighted by Gasteiger charge is -2.33. The van der Waals surface area contributed by atoms with E-state index in [-0.39, 0.29) is 6.10 Å². The topological polar surface area (TPSA) is 27.7 Å². The van der Waals surface area contributed by atoms with Gasteiger partial charge in [-0.05, 0) is 64.2 Å². The highest BCUT2D eigenvalue weighted by molar-refractivity contribution is 4.82. The normalized spacial score (nSPS) is 13.3. The third kappa shape index (κ3) is 43.9. The van der Waals surface area contributed by atoms with E-state index < -0.39 is 0 Å². The molecule has 0 bridgehead atoms. The van der Waals surface area contributed by atoms with Crippen LogP contribution in [0.3, 0.4) is 0 Å². The summed E-state index contributed by atoms with van der Waals surface area (Å²) in [6.07, 6.45) is 47.3. The van der Waals surface area contributed by atoms with Crippen LogP contribution in [0.1, 0.15) is 194 Å². The molecule has 316 valence electrons. The number of rotatable bonds is 43. The lowest BCUT2D eigenvalue weighted by Crippen LogP contribution is -2.49. The van der Waals surface area contributed by atoms with E-state index in [9.17, 15) is 0 Å². The second kappa shape index (κ2) is 39.5. The fourth-order valence-corrected chi connectivity index (χ4v) is 6.81. The van der Waals surface area contributed by atoms with Gasteiger partial charge in [-0.15, -0.1) is 0 Å². The highest BCUT2D eigenvalue weighted by Crippen LogP contribution is 2.13. The minimum atomic E-state index is 0.147. The molecule has 0 aromatic carbocycles. The first-order valence-corrected chi connectivity index (χ1v) is 23.4. The van der Waals surface area contributed by atoms with E-state index in [0.29, 0.717) is 6.61 Å². The Balaban J connectivity index is 4.16. The Morgan fingerprint density at radius 3 is 1.21 bits per heavy atom. The van der Waals surface area contributed by atoms with Gasteiger partial charge in [0.1, 0.15) is 25.7 Å². The van der Waals surface area contributed by atoms with Crippen LogP contribution in [-0.2, 0) is 14.2 Å². The number of quaternary nitrogens is 2. The molecule has 0 rings (SSSR count). The minimum absolute atomic E-state index is 0.147. The largest absolute Gasteiger partial charge is 0.379 e. The van der Waals surface area contributed by atoms with Crippen LogP contribution in [0.5, 0.6) is 0 Å². The maximum Gasteiger partial charge on any atom is 0.130 e. The van der Waals surface area contributed by atoms with Gasteiger partial charge in [0.05, 0.1) is 55.1 Å². The van der Waals surface area contributed by atoms with Crippen molar-refractivity contribution < 1.29 is 23.2 Å². The zero-order valence-corrected chi connectivity index (χ0v) is 37.5. The number of hydrogen-bond donors (Lipinski definition) is 0. The van der Waals surface area contributed by atoms with Crippen molar-refractivity contribution in [3.63, 3.8) is 0 Å². The summed E-state index contributed by atoms with van der Waals surface area (Å²) < 4.78 is 20.6. The molecule has 0 saturated carbocycles. The summed E-state index contributed by atoms with van der Waals surface area (Å²) in [6, 6.07) is 0. The lowest BCUT2D eigenvalue weighted by atomic mass is 10.1. The highest BCUT2D eigenvalue weighted by Gasteiger charge is 2.23. The van der Waals surface area contributed by atoms with Crippen LogP contribution < -0.4 is 0 Å². The molecule has 0 N–H and O–H groups in total. The summed E-state index contributed by atoms with van der Waals surface area (Å²) in [7, 11) is 11.3. The summed E-state index contributed by atoms with van der Waals surface area (Å²) in [4.78, 5) is 0. The van der Waals surface area contributed by atoms with Crippen molar-refractivity contribution in [2.75, 3.05) is 87.9 Å². The Labute approximate surface area is 334 Å². The van der Waals surface area contributed by atoms with Gasteiger partial charge in [0, 0.05) is 13.2 Å². The Morgan fingerprint density at radius 1 is 0.396 bits per heavy atom. The molecule has 0 aliphatic carbocycles. The standard InChI is InChI=1S/C48H98N2O3/c1-8-10-12-14-16-18-20-22-24-26-28-30-32-34-36-38-42-52-47-48(46-50(6,7)41-45-51-44-40-49(3,4)5)53-43-39-37-35-33-31-29-27-25-23-21-19-17-15-13-11-9-2/h22-25,48H,8-21,26-47H2,1-7H3/q+2/b24-22-,25-23-. The molecule has 0 aromatic heterocycles. The predicted octanol–water partition coefficient (Wildman–Crippen LogP) is 13.3. The van der Waals surface area contributed by atoms with Gasteiger partial charge in [-0.25, -0.2) is 0 Å². The molecule has 1 atom stereocenters. The van der Waals surface area contributed by atoms with E-state index in [1.165, 1.54) is 167 Å². The molecule has 0 saturated heterocycles. The highest BCUT2D eigenvalue weighted by atomic mass is 16.5. The predicted molar refractivity (Wildman–Crippen MR) is 235 cm³/mol. The molecular formula is C48H98N2O3+2. The zero-order valence-electron chi connectivity index (χ0n) is 37.5. The van der Waals surface area contributed by atoms with E-state index in [1.54, 1.807) is 0 Å². The van der Waals surface area contributed by atoms with E-state index in [1.807, 2.05) is 0 Å². The second-order valence-corrected chi connectivity index (χ2v) is 17.9. The fourth-order valence-electron chi connectivity index (χ4n) is 6.81. The molecule has 0 aliphatic rings. The molecule has 53 heavy (non-hydrogen) atoms. The van der Waals surface area contributed by atoms with Gasteiger partial charge >= 0.3 is 0 Å². The maximum atomic E-state index is 6.50. The maximum absolute atomic E-state index is 6.50. The first-order valence-electron chi connectivity index (χ1n) is 23.4. The van der Waals surface area contributed by atoms with Gasteiger partial charge in [0.2, 0.25) is 0 Å². The van der Waals surface area contributed by atoms with Crippen molar-refractivity contribution in [1.29, 1.82) is 0 Å². The van der Waals surface area contributed by atoms with Crippen LogP contribution in [0, 0.1) is 0 Å². The SMILES string of the molecule is CCCCCCCC/C=C\CCCCCCCCOCC(C[N+](C)(C)CCOCC[N+](C)(C)C)OCCCCCCCC/C=C\CCCCCCCC. The molecule has 0 aliphatic heterocycles. The van der Waals surface area contributed by atoms with Crippen LogP contribution in [0.25, 0.3) is 0 Å². The molecule has 0 amide bonds.